The van der Waals surface area contributed by atoms with Gasteiger partial charge in [0.1, 0.15) is 5.58 Å². The molecule has 7 heteroatoms. The van der Waals surface area contributed by atoms with Gasteiger partial charge in [-0.05, 0) is 17.8 Å². The van der Waals surface area contributed by atoms with Crippen LogP contribution in [-0.2, 0) is 0 Å². The quantitative estimate of drug-likeness (QED) is 0.680. The lowest BCUT2D eigenvalue weighted by atomic mass is 10.2. The Balaban J connectivity index is 2.13. The lowest BCUT2D eigenvalue weighted by Gasteiger charge is -2.01. The van der Waals surface area contributed by atoms with Crippen LogP contribution in [0.25, 0.3) is 11.0 Å². The molecule has 0 saturated carbocycles. The zero-order chi connectivity index (χ0) is 12.5. The Labute approximate surface area is 105 Å². The lowest BCUT2D eigenvalue weighted by Crippen LogP contribution is -1.97. The van der Waals surface area contributed by atoms with Crippen molar-refractivity contribution in [3.63, 3.8) is 0 Å². The molecule has 0 aliphatic carbocycles. The van der Waals surface area contributed by atoms with Crippen molar-refractivity contribution in [3.8, 4) is 0 Å². The van der Waals surface area contributed by atoms with Crippen LogP contribution in [0.15, 0.2) is 49.6 Å². The molecule has 0 radical (unpaired) electrons. The highest BCUT2D eigenvalue weighted by Crippen LogP contribution is 2.30. The molecule has 90 valence electrons. The van der Waals surface area contributed by atoms with Gasteiger partial charge in [-0.1, -0.05) is 18.2 Å². The van der Waals surface area contributed by atoms with Gasteiger partial charge in [-0.15, -0.1) is 5.10 Å². The molecule has 0 spiro atoms. The molecule has 3 rings (SSSR count). The minimum atomic E-state index is -0.403. The number of nitrogens with zero attached hydrogens (tertiary/aromatic N) is 2. The molecule has 1 aromatic carbocycles. The van der Waals surface area contributed by atoms with Crippen molar-refractivity contribution in [2.75, 3.05) is 5.73 Å². The number of nitrogen functional groups attached to an aromatic ring is 1. The standard InChI is InChI=1S/C11H8N4O2S/c12-10-13-11(15-14-10)18-8-5-9(16)17-7-4-2-1-3-6(7)8/h1-5H,(H3,12,13,14,15). The first-order valence-corrected chi connectivity index (χ1v) is 5.92. The van der Waals surface area contributed by atoms with Crippen LogP contribution in [0.5, 0.6) is 0 Å². The van der Waals surface area contributed by atoms with E-state index in [2.05, 4.69) is 15.2 Å². The molecule has 0 fully saturated rings. The van der Waals surface area contributed by atoms with Gasteiger partial charge in [0.15, 0.2) is 0 Å². The average molecular weight is 260 g/mol. The monoisotopic (exact) mass is 260 g/mol. The molecule has 0 unspecified atom stereocenters. The number of nitrogens with two attached hydrogens (primary N) is 1. The van der Waals surface area contributed by atoms with Gasteiger partial charge in [-0.2, -0.15) is 4.98 Å². The summed E-state index contributed by atoms with van der Waals surface area (Å²) in [5, 5.41) is 7.76. The van der Waals surface area contributed by atoms with E-state index in [1.807, 2.05) is 18.2 Å². The van der Waals surface area contributed by atoms with Gasteiger partial charge in [-0.25, -0.2) is 9.89 Å². The number of anilines is 1. The number of aromatic nitrogens is 3. The third-order valence-electron chi connectivity index (χ3n) is 2.30. The van der Waals surface area contributed by atoms with Crippen molar-refractivity contribution in [3.05, 3.63) is 40.8 Å². The summed E-state index contributed by atoms with van der Waals surface area (Å²) in [4.78, 5) is 16.2. The Morgan fingerprint density at radius 2 is 2.17 bits per heavy atom. The summed E-state index contributed by atoms with van der Waals surface area (Å²) < 4.78 is 5.10. The smallest absolute Gasteiger partial charge is 0.337 e. The maximum Gasteiger partial charge on any atom is 0.337 e. The molecule has 18 heavy (non-hydrogen) atoms. The van der Waals surface area contributed by atoms with Crippen LogP contribution in [0, 0.1) is 0 Å². The second-order valence-electron chi connectivity index (χ2n) is 3.53. The molecule has 3 N–H and O–H groups in total. The topological polar surface area (TPSA) is 97.8 Å². The highest BCUT2D eigenvalue weighted by Gasteiger charge is 2.09. The number of benzene rings is 1. The van der Waals surface area contributed by atoms with E-state index in [0.29, 0.717) is 10.7 Å². The number of rotatable bonds is 2. The van der Waals surface area contributed by atoms with Crippen LogP contribution >= 0.6 is 11.8 Å². The number of H-pyrrole nitrogens is 1. The molecule has 0 aliphatic rings. The van der Waals surface area contributed by atoms with Crippen molar-refractivity contribution in [2.24, 2.45) is 0 Å². The maximum atomic E-state index is 11.4. The van der Waals surface area contributed by atoms with E-state index in [-0.39, 0.29) is 5.95 Å². The van der Waals surface area contributed by atoms with E-state index in [0.717, 1.165) is 10.3 Å². The zero-order valence-corrected chi connectivity index (χ0v) is 9.90. The van der Waals surface area contributed by atoms with Crippen LogP contribution in [0.1, 0.15) is 0 Å². The largest absolute Gasteiger partial charge is 0.423 e. The van der Waals surface area contributed by atoms with Gasteiger partial charge in [0.2, 0.25) is 11.1 Å². The highest BCUT2D eigenvalue weighted by molar-refractivity contribution is 7.99. The van der Waals surface area contributed by atoms with Crippen LogP contribution < -0.4 is 11.4 Å². The molecule has 0 bridgehead atoms. The Kier molecular flexibility index (Phi) is 2.52. The molecule has 2 aromatic heterocycles. The summed E-state index contributed by atoms with van der Waals surface area (Å²) >= 11 is 1.26. The van der Waals surface area contributed by atoms with Crippen molar-refractivity contribution >= 4 is 28.7 Å². The first-order chi connectivity index (χ1) is 8.72. The first-order valence-electron chi connectivity index (χ1n) is 5.11. The number of hydrogen-bond donors (Lipinski definition) is 2. The van der Waals surface area contributed by atoms with Crippen molar-refractivity contribution in [1.82, 2.24) is 15.2 Å². The second-order valence-corrected chi connectivity index (χ2v) is 4.54. The Morgan fingerprint density at radius 3 is 2.94 bits per heavy atom. The molecule has 3 aromatic rings. The number of fused-ring (bicyclic) bond motifs is 1. The Hall–Kier alpha value is -2.28. The number of nitrogens with one attached hydrogen (secondary N) is 1. The van der Waals surface area contributed by atoms with Gasteiger partial charge < -0.3 is 10.2 Å². The van der Waals surface area contributed by atoms with Crippen LogP contribution in [0.3, 0.4) is 0 Å². The minimum absolute atomic E-state index is 0.241. The number of para-hydroxylation sites is 1. The van der Waals surface area contributed by atoms with Gasteiger partial charge in [-0.3, -0.25) is 0 Å². The summed E-state index contributed by atoms with van der Waals surface area (Å²) in [7, 11) is 0. The second kappa shape index (κ2) is 4.19. The third kappa shape index (κ3) is 1.95. The fourth-order valence-electron chi connectivity index (χ4n) is 1.57. The SMILES string of the molecule is Nc1nc(Sc2cc(=O)oc3ccccc23)n[nH]1. The van der Waals surface area contributed by atoms with Gasteiger partial charge in [0.05, 0.1) is 0 Å². The third-order valence-corrected chi connectivity index (χ3v) is 3.22. The molecule has 0 aliphatic heterocycles. The van der Waals surface area contributed by atoms with E-state index in [4.69, 9.17) is 10.2 Å². The van der Waals surface area contributed by atoms with Gasteiger partial charge in [0, 0.05) is 16.3 Å². The number of hydrogen-bond acceptors (Lipinski definition) is 6. The lowest BCUT2D eigenvalue weighted by molar-refractivity contribution is 0.557. The summed E-state index contributed by atoms with van der Waals surface area (Å²) in [5.74, 6) is 0.241. The van der Waals surface area contributed by atoms with Crippen molar-refractivity contribution in [1.29, 1.82) is 0 Å². The normalized spacial score (nSPS) is 10.9. The number of aromatic amines is 1. The summed E-state index contributed by atoms with van der Waals surface area (Å²) in [6, 6.07) is 8.71. The molecule has 0 amide bonds. The molecule has 6 nitrogen and oxygen atoms in total. The van der Waals surface area contributed by atoms with E-state index < -0.39 is 5.63 Å². The zero-order valence-electron chi connectivity index (χ0n) is 9.08. The summed E-state index contributed by atoms with van der Waals surface area (Å²) in [6.45, 7) is 0. The Bertz CT molecular complexity index is 765. The van der Waals surface area contributed by atoms with Crippen LogP contribution in [0.2, 0.25) is 0 Å². The minimum Gasteiger partial charge on any atom is -0.423 e. The molecular weight excluding hydrogens is 252 g/mol. The predicted molar refractivity (Wildman–Crippen MR) is 67.4 cm³/mol. The Morgan fingerprint density at radius 1 is 1.33 bits per heavy atom. The van der Waals surface area contributed by atoms with Crippen molar-refractivity contribution < 1.29 is 4.42 Å². The van der Waals surface area contributed by atoms with Crippen molar-refractivity contribution in [2.45, 2.75) is 10.1 Å². The van der Waals surface area contributed by atoms with Gasteiger partial charge >= 0.3 is 5.63 Å². The molecule has 2 heterocycles. The molecule has 0 saturated heterocycles. The van der Waals surface area contributed by atoms with Gasteiger partial charge in [0.25, 0.3) is 0 Å². The van der Waals surface area contributed by atoms with E-state index >= 15 is 0 Å². The highest BCUT2D eigenvalue weighted by atomic mass is 32.2. The fraction of sp³-hybridized carbons (Fsp3) is 0. The van der Waals surface area contributed by atoms with Crippen LogP contribution in [-0.4, -0.2) is 15.2 Å². The average Bonchev–Trinajstić information content (AvgIpc) is 2.74. The predicted octanol–water partition coefficient (Wildman–Crippen LogP) is 1.64. The summed E-state index contributed by atoms with van der Waals surface area (Å²) in [5.41, 5.74) is 5.59. The summed E-state index contributed by atoms with van der Waals surface area (Å²) in [6.07, 6.45) is 0. The van der Waals surface area contributed by atoms with E-state index in [9.17, 15) is 4.79 Å². The van der Waals surface area contributed by atoms with Crippen LogP contribution in [0.4, 0.5) is 5.95 Å². The molecule has 0 atom stereocenters. The van der Waals surface area contributed by atoms with E-state index in [1.165, 1.54) is 17.8 Å². The maximum absolute atomic E-state index is 11.4. The van der Waals surface area contributed by atoms with E-state index in [1.54, 1.807) is 6.07 Å². The fourth-order valence-corrected chi connectivity index (χ4v) is 2.43. The molecular formula is C11H8N4O2S. The first kappa shape index (κ1) is 10.8.